The molecule has 0 spiro atoms. The van der Waals surface area contributed by atoms with Crippen LogP contribution in [0, 0.1) is 20.8 Å². The summed E-state index contributed by atoms with van der Waals surface area (Å²) in [6, 6.07) is 5.36. The molecule has 0 aliphatic carbocycles. The molecule has 0 saturated carbocycles. The Labute approximate surface area is 134 Å². The van der Waals surface area contributed by atoms with Gasteiger partial charge in [-0.15, -0.1) is 0 Å². The van der Waals surface area contributed by atoms with E-state index in [1.807, 2.05) is 19.9 Å². The highest BCUT2D eigenvalue weighted by molar-refractivity contribution is 5.97. The molecule has 118 valence electrons. The molecule has 0 bridgehead atoms. The van der Waals surface area contributed by atoms with Gasteiger partial charge in [0.15, 0.2) is 5.89 Å². The highest BCUT2D eigenvalue weighted by atomic mass is 16.3. The Morgan fingerprint density at radius 2 is 1.83 bits per heavy atom. The third kappa shape index (κ3) is 3.36. The lowest BCUT2D eigenvalue weighted by molar-refractivity contribution is 0.0954. The Bertz CT molecular complexity index is 870. The summed E-state index contributed by atoms with van der Waals surface area (Å²) in [6.45, 7) is 6.13. The van der Waals surface area contributed by atoms with Crippen LogP contribution in [-0.4, -0.2) is 27.4 Å². The molecule has 1 aromatic carbocycles. The molecule has 2 heterocycles. The van der Waals surface area contributed by atoms with Crippen molar-refractivity contribution in [3.05, 3.63) is 53.0 Å². The van der Waals surface area contributed by atoms with Crippen LogP contribution >= 0.6 is 0 Å². The summed E-state index contributed by atoms with van der Waals surface area (Å²) >= 11 is 0. The molecule has 0 aliphatic heterocycles. The van der Waals surface area contributed by atoms with Crippen LogP contribution in [0.1, 0.15) is 33.3 Å². The Morgan fingerprint density at radius 3 is 2.52 bits per heavy atom. The molecule has 6 nitrogen and oxygen atoms in total. The minimum Gasteiger partial charge on any atom is -0.449 e. The van der Waals surface area contributed by atoms with E-state index in [4.69, 9.17) is 4.42 Å². The van der Waals surface area contributed by atoms with Crippen molar-refractivity contribution in [2.45, 2.75) is 27.2 Å². The molecule has 23 heavy (non-hydrogen) atoms. The summed E-state index contributed by atoms with van der Waals surface area (Å²) in [5, 5.41) is 2.88. The third-order valence-electron chi connectivity index (χ3n) is 3.67. The lowest BCUT2D eigenvalue weighted by Gasteiger charge is -2.06. The van der Waals surface area contributed by atoms with Crippen molar-refractivity contribution >= 4 is 16.9 Å². The molecule has 0 atom stereocenters. The Balaban J connectivity index is 1.69. The number of hydrogen-bond acceptors (Lipinski definition) is 5. The Kier molecular flexibility index (Phi) is 4.06. The molecule has 6 heteroatoms. The first-order chi connectivity index (χ1) is 11.0. The zero-order valence-electron chi connectivity index (χ0n) is 13.4. The van der Waals surface area contributed by atoms with Crippen LogP contribution in [0.4, 0.5) is 0 Å². The number of amides is 1. The van der Waals surface area contributed by atoms with E-state index < -0.39 is 0 Å². The summed E-state index contributed by atoms with van der Waals surface area (Å²) in [4.78, 5) is 25.4. The predicted octanol–water partition coefficient (Wildman–Crippen LogP) is 2.52. The Morgan fingerprint density at radius 1 is 1.09 bits per heavy atom. The standard InChI is InChI=1S/C17H18N4O2/c1-10-11(2)20-16-8-13(4-5-15(16)19-10)17(22)18-7-6-14-9-23-12(3)21-14/h4-5,8-9H,6-7H2,1-3H3,(H,18,22). The number of aromatic nitrogens is 3. The second-order valence-electron chi connectivity index (χ2n) is 5.46. The van der Waals surface area contributed by atoms with Gasteiger partial charge in [0.05, 0.1) is 28.1 Å². The van der Waals surface area contributed by atoms with Gasteiger partial charge in [0.25, 0.3) is 5.91 Å². The Hall–Kier alpha value is -2.76. The van der Waals surface area contributed by atoms with E-state index >= 15 is 0 Å². The van der Waals surface area contributed by atoms with Crippen molar-refractivity contribution in [3.63, 3.8) is 0 Å². The maximum Gasteiger partial charge on any atom is 0.251 e. The molecule has 1 N–H and O–H groups in total. The smallest absolute Gasteiger partial charge is 0.251 e. The monoisotopic (exact) mass is 310 g/mol. The fraction of sp³-hybridized carbons (Fsp3) is 0.294. The highest BCUT2D eigenvalue weighted by Crippen LogP contribution is 2.14. The lowest BCUT2D eigenvalue weighted by Crippen LogP contribution is -2.25. The average Bonchev–Trinajstić information content (AvgIpc) is 2.93. The molecule has 0 radical (unpaired) electrons. The quantitative estimate of drug-likeness (QED) is 0.801. The van der Waals surface area contributed by atoms with E-state index in [9.17, 15) is 4.79 Å². The van der Waals surface area contributed by atoms with Crippen molar-refractivity contribution in [1.29, 1.82) is 0 Å². The summed E-state index contributed by atoms with van der Waals surface area (Å²) in [6.07, 6.45) is 2.24. The molecule has 0 unspecified atom stereocenters. The SMILES string of the molecule is Cc1nc(CCNC(=O)c2ccc3nc(C)c(C)nc3c2)co1. The van der Waals surface area contributed by atoms with Gasteiger partial charge < -0.3 is 9.73 Å². The zero-order chi connectivity index (χ0) is 16.4. The van der Waals surface area contributed by atoms with Gasteiger partial charge >= 0.3 is 0 Å². The van der Waals surface area contributed by atoms with Gasteiger partial charge in [0, 0.05) is 25.5 Å². The van der Waals surface area contributed by atoms with Crippen LogP contribution in [-0.2, 0) is 6.42 Å². The van der Waals surface area contributed by atoms with Gasteiger partial charge in [-0.05, 0) is 32.0 Å². The van der Waals surface area contributed by atoms with Crippen LogP contribution in [0.3, 0.4) is 0 Å². The number of nitrogens with one attached hydrogen (secondary N) is 1. The van der Waals surface area contributed by atoms with Crippen LogP contribution in [0.25, 0.3) is 11.0 Å². The van der Waals surface area contributed by atoms with E-state index in [1.165, 1.54) is 0 Å². The predicted molar refractivity (Wildman–Crippen MR) is 86.3 cm³/mol. The van der Waals surface area contributed by atoms with Crippen molar-refractivity contribution in [1.82, 2.24) is 20.3 Å². The van der Waals surface area contributed by atoms with E-state index in [2.05, 4.69) is 20.3 Å². The number of oxazole rings is 1. The van der Waals surface area contributed by atoms with Crippen molar-refractivity contribution in [3.8, 4) is 0 Å². The lowest BCUT2D eigenvalue weighted by atomic mass is 10.1. The highest BCUT2D eigenvalue weighted by Gasteiger charge is 2.09. The first-order valence-corrected chi connectivity index (χ1v) is 7.47. The number of rotatable bonds is 4. The molecule has 0 saturated heterocycles. The summed E-state index contributed by atoms with van der Waals surface area (Å²) < 4.78 is 5.14. The normalized spacial score (nSPS) is 10.9. The molecule has 0 aliphatic rings. The average molecular weight is 310 g/mol. The molecule has 1 amide bonds. The van der Waals surface area contributed by atoms with E-state index in [0.29, 0.717) is 24.4 Å². The number of benzene rings is 1. The minimum atomic E-state index is -0.132. The maximum absolute atomic E-state index is 12.2. The molecule has 0 fully saturated rings. The minimum absolute atomic E-state index is 0.132. The van der Waals surface area contributed by atoms with Gasteiger partial charge in [0.2, 0.25) is 0 Å². The first kappa shape index (κ1) is 15.1. The maximum atomic E-state index is 12.2. The van der Waals surface area contributed by atoms with E-state index in [-0.39, 0.29) is 5.91 Å². The fourth-order valence-corrected chi connectivity index (χ4v) is 2.30. The number of carbonyl (C=O) groups is 1. The third-order valence-corrected chi connectivity index (χ3v) is 3.67. The molecule has 2 aromatic heterocycles. The van der Waals surface area contributed by atoms with Crippen molar-refractivity contribution in [2.24, 2.45) is 0 Å². The largest absolute Gasteiger partial charge is 0.449 e. The summed E-state index contributed by atoms with van der Waals surface area (Å²) in [7, 11) is 0. The number of carbonyl (C=O) groups excluding carboxylic acids is 1. The summed E-state index contributed by atoms with van der Waals surface area (Å²) in [5.41, 5.74) is 4.70. The van der Waals surface area contributed by atoms with Gasteiger partial charge in [0.1, 0.15) is 6.26 Å². The zero-order valence-corrected chi connectivity index (χ0v) is 13.4. The van der Waals surface area contributed by atoms with Gasteiger partial charge in [-0.3, -0.25) is 4.79 Å². The van der Waals surface area contributed by atoms with E-state index in [0.717, 1.165) is 28.1 Å². The molecular weight excluding hydrogens is 292 g/mol. The van der Waals surface area contributed by atoms with Gasteiger partial charge in [-0.25, -0.2) is 15.0 Å². The van der Waals surface area contributed by atoms with Gasteiger partial charge in [-0.1, -0.05) is 0 Å². The topological polar surface area (TPSA) is 80.9 Å². The molecule has 3 rings (SSSR count). The van der Waals surface area contributed by atoms with Crippen molar-refractivity contribution < 1.29 is 9.21 Å². The van der Waals surface area contributed by atoms with Crippen LogP contribution < -0.4 is 5.32 Å². The van der Waals surface area contributed by atoms with E-state index in [1.54, 1.807) is 25.3 Å². The fourth-order valence-electron chi connectivity index (χ4n) is 2.30. The van der Waals surface area contributed by atoms with Crippen LogP contribution in [0.15, 0.2) is 28.9 Å². The van der Waals surface area contributed by atoms with Crippen LogP contribution in [0.5, 0.6) is 0 Å². The number of aryl methyl sites for hydroxylation is 3. The van der Waals surface area contributed by atoms with Crippen LogP contribution in [0.2, 0.25) is 0 Å². The summed E-state index contributed by atoms with van der Waals surface area (Å²) in [5.74, 6) is 0.497. The number of hydrogen-bond donors (Lipinski definition) is 1. The number of fused-ring (bicyclic) bond motifs is 1. The van der Waals surface area contributed by atoms with Crippen molar-refractivity contribution in [2.75, 3.05) is 6.54 Å². The number of nitrogens with zero attached hydrogens (tertiary/aromatic N) is 3. The second kappa shape index (κ2) is 6.16. The molecular formula is C17H18N4O2. The van der Waals surface area contributed by atoms with Gasteiger partial charge in [-0.2, -0.15) is 0 Å². The second-order valence-corrected chi connectivity index (χ2v) is 5.46. The first-order valence-electron chi connectivity index (χ1n) is 7.47. The molecule has 3 aromatic rings.